The normalized spacial score (nSPS) is 13.6. The first-order valence-corrected chi connectivity index (χ1v) is 10.5. The molecule has 0 radical (unpaired) electrons. The summed E-state index contributed by atoms with van der Waals surface area (Å²) in [6.07, 6.45) is 0.725. The zero-order valence-electron chi connectivity index (χ0n) is 17.6. The van der Waals surface area contributed by atoms with Gasteiger partial charge in [-0.1, -0.05) is 66.2 Å². The molecule has 31 heavy (non-hydrogen) atoms. The van der Waals surface area contributed by atoms with Crippen molar-refractivity contribution in [3.05, 3.63) is 106 Å². The average molecular weight is 433 g/mol. The summed E-state index contributed by atoms with van der Waals surface area (Å²) in [6.45, 7) is 2.05. The molecule has 0 fully saturated rings. The van der Waals surface area contributed by atoms with Crippen molar-refractivity contribution in [2.75, 3.05) is 7.11 Å². The fraction of sp³-hybridized carbons (Fsp3) is 0.231. The molecule has 0 aliphatic carbocycles. The molecule has 0 spiro atoms. The van der Waals surface area contributed by atoms with Gasteiger partial charge in [0.2, 0.25) is 0 Å². The highest BCUT2D eigenvalue weighted by molar-refractivity contribution is 6.30. The molecule has 4 nitrogen and oxygen atoms in total. The summed E-state index contributed by atoms with van der Waals surface area (Å²) in [5.41, 5.74) is 3.61. The van der Waals surface area contributed by atoms with Crippen LogP contribution in [0.5, 0.6) is 0 Å². The average Bonchev–Trinajstić information content (AvgIpc) is 2.82. The molecule has 0 aliphatic heterocycles. The van der Waals surface area contributed by atoms with E-state index < -0.39 is 6.04 Å². The van der Waals surface area contributed by atoms with Crippen LogP contribution in [0.3, 0.4) is 0 Å². The molecule has 158 valence electrons. The summed E-state index contributed by atoms with van der Waals surface area (Å²) in [4.78, 5) is 12.6. The number of esters is 1. The highest BCUT2D eigenvalue weighted by Crippen LogP contribution is 2.28. The first-order valence-electron chi connectivity index (χ1n) is 10.1. The van der Waals surface area contributed by atoms with E-state index in [-0.39, 0.29) is 17.9 Å². The van der Waals surface area contributed by atoms with Crippen LogP contribution in [0, 0.1) is 11.3 Å². The summed E-state index contributed by atoms with van der Waals surface area (Å²) in [6, 6.07) is 26.5. The number of carbonyl (C=O) groups excluding carboxylic acids is 1. The van der Waals surface area contributed by atoms with Crippen LogP contribution in [0.15, 0.2) is 78.9 Å². The zero-order valence-corrected chi connectivity index (χ0v) is 18.3. The summed E-state index contributed by atoms with van der Waals surface area (Å²) in [5.74, 6) is -0.320. The van der Waals surface area contributed by atoms with Gasteiger partial charge in [0, 0.05) is 17.0 Å². The predicted octanol–water partition coefficient (Wildman–Crippen LogP) is 5.43. The van der Waals surface area contributed by atoms with Crippen molar-refractivity contribution in [3.8, 4) is 6.07 Å². The van der Waals surface area contributed by atoms with Crippen LogP contribution < -0.4 is 5.32 Å². The van der Waals surface area contributed by atoms with Gasteiger partial charge in [-0.3, -0.25) is 5.32 Å². The van der Waals surface area contributed by atoms with Crippen molar-refractivity contribution >= 4 is 17.6 Å². The van der Waals surface area contributed by atoms with E-state index in [4.69, 9.17) is 16.3 Å². The number of methoxy groups -OCH3 is 1. The Kier molecular flexibility index (Phi) is 7.83. The Morgan fingerprint density at radius 1 is 1.03 bits per heavy atom. The predicted molar refractivity (Wildman–Crippen MR) is 123 cm³/mol. The Bertz CT molecular complexity index is 1050. The van der Waals surface area contributed by atoms with Gasteiger partial charge in [-0.2, -0.15) is 5.26 Å². The third kappa shape index (κ3) is 5.95. The molecule has 0 aromatic heterocycles. The number of nitrogens with zero attached hydrogens (tertiary/aromatic N) is 1. The van der Waals surface area contributed by atoms with Gasteiger partial charge < -0.3 is 4.74 Å². The second-order valence-electron chi connectivity index (χ2n) is 7.50. The van der Waals surface area contributed by atoms with Crippen LogP contribution in [0.25, 0.3) is 0 Å². The van der Waals surface area contributed by atoms with Crippen LogP contribution in [0.4, 0.5) is 0 Å². The lowest BCUT2D eigenvalue weighted by Gasteiger charge is -2.29. The van der Waals surface area contributed by atoms with E-state index in [9.17, 15) is 10.1 Å². The van der Waals surface area contributed by atoms with Gasteiger partial charge in [-0.15, -0.1) is 0 Å². The van der Waals surface area contributed by atoms with Crippen LogP contribution in [0.1, 0.15) is 41.1 Å². The van der Waals surface area contributed by atoms with E-state index in [0.717, 1.165) is 23.1 Å². The lowest BCUT2D eigenvalue weighted by Crippen LogP contribution is -2.40. The Hall–Kier alpha value is -3.13. The second-order valence-corrected chi connectivity index (χ2v) is 7.93. The van der Waals surface area contributed by atoms with Crippen LogP contribution in [0.2, 0.25) is 5.02 Å². The Morgan fingerprint density at radius 3 is 2.35 bits per heavy atom. The minimum Gasteiger partial charge on any atom is -0.468 e. The van der Waals surface area contributed by atoms with E-state index in [2.05, 4.69) is 18.3 Å². The van der Waals surface area contributed by atoms with Crippen molar-refractivity contribution in [1.82, 2.24) is 5.32 Å². The Balaban J connectivity index is 1.93. The number of halogens is 1. The molecule has 0 aliphatic rings. The molecule has 1 unspecified atom stereocenters. The first-order chi connectivity index (χ1) is 15.0. The monoisotopic (exact) mass is 432 g/mol. The van der Waals surface area contributed by atoms with Crippen molar-refractivity contribution in [1.29, 1.82) is 5.26 Å². The number of rotatable bonds is 8. The van der Waals surface area contributed by atoms with Crippen LogP contribution in [-0.2, 0) is 16.0 Å². The number of benzene rings is 3. The number of nitriles is 1. The largest absolute Gasteiger partial charge is 0.468 e. The fourth-order valence-electron chi connectivity index (χ4n) is 3.74. The van der Waals surface area contributed by atoms with Gasteiger partial charge in [0.1, 0.15) is 6.04 Å². The molecule has 0 saturated heterocycles. The maximum atomic E-state index is 12.6. The van der Waals surface area contributed by atoms with Gasteiger partial charge in [0.25, 0.3) is 0 Å². The molecule has 3 aromatic rings. The van der Waals surface area contributed by atoms with Crippen molar-refractivity contribution in [3.63, 3.8) is 0 Å². The van der Waals surface area contributed by atoms with Crippen molar-refractivity contribution in [2.45, 2.75) is 31.3 Å². The molecule has 0 bridgehead atoms. The molecular formula is C26H25ClN2O2. The summed E-state index contributed by atoms with van der Waals surface area (Å²) in [7, 11) is 1.40. The Labute approximate surface area is 188 Å². The number of nitrogens with one attached hydrogen (secondary N) is 1. The van der Waals surface area contributed by atoms with Gasteiger partial charge in [0.05, 0.1) is 18.7 Å². The molecule has 3 rings (SSSR count). The van der Waals surface area contributed by atoms with E-state index in [1.54, 1.807) is 6.07 Å². The van der Waals surface area contributed by atoms with Crippen molar-refractivity contribution < 1.29 is 9.53 Å². The molecule has 1 N–H and O–H groups in total. The van der Waals surface area contributed by atoms with Crippen LogP contribution in [-0.4, -0.2) is 19.1 Å². The molecule has 5 heteroatoms. The molecule has 3 aromatic carbocycles. The standard InChI is InChI=1S/C26H25ClN2O2/c1-18(29-25(26(30)31-2)21-8-4-3-5-9-21)24(16-19-11-13-23(27)14-12-19)22-10-6-7-20(15-22)17-28/h3-15,18,24-25,29H,16H2,1-2H3/t18-,24+,25?/m0/s1. The first kappa shape index (κ1) is 22.6. The fourth-order valence-corrected chi connectivity index (χ4v) is 3.87. The van der Waals surface area contributed by atoms with Crippen LogP contribution >= 0.6 is 11.6 Å². The topological polar surface area (TPSA) is 62.1 Å². The van der Waals surface area contributed by atoms with Gasteiger partial charge in [0.15, 0.2) is 0 Å². The lowest BCUT2D eigenvalue weighted by molar-refractivity contribution is -0.143. The van der Waals surface area contributed by atoms with E-state index in [1.165, 1.54) is 7.11 Å². The SMILES string of the molecule is COC(=O)C(N[C@@H](C)[C@@H](Cc1ccc(Cl)cc1)c1cccc(C#N)c1)c1ccccc1. The van der Waals surface area contributed by atoms with E-state index in [1.807, 2.05) is 72.8 Å². The van der Waals surface area contributed by atoms with Gasteiger partial charge >= 0.3 is 5.97 Å². The minimum absolute atomic E-state index is 0.0188. The summed E-state index contributed by atoms with van der Waals surface area (Å²) in [5, 5.41) is 13.5. The molecular weight excluding hydrogens is 408 g/mol. The Morgan fingerprint density at radius 2 is 1.71 bits per heavy atom. The van der Waals surface area contributed by atoms with E-state index >= 15 is 0 Å². The summed E-state index contributed by atoms with van der Waals surface area (Å²) >= 11 is 6.06. The molecule has 0 heterocycles. The molecule has 0 amide bonds. The van der Waals surface area contributed by atoms with E-state index in [0.29, 0.717) is 10.6 Å². The molecule has 3 atom stereocenters. The number of carbonyl (C=O) groups is 1. The quantitative estimate of drug-likeness (QED) is 0.482. The maximum Gasteiger partial charge on any atom is 0.327 e. The maximum absolute atomic E-state index is 12.6. The minimum atomic E-state index is -0.590. The second kappa shape index (κ2) is 10.8. The third-order valence-corrected chi connectivity index (χ3v) is 5.67. The lowest BCUT2D eigenvalue weighted by atomic mass is 9.85. The number of hydrogen-bond donors (Lipinski definition) is 1. The van der Waals surface area contributed by atoms with Gasteiger partial charge in [-0.05, 0) is 54.3 Å². The number of hydrogen-bond acceptors (Lipinski definition) is 4. The highest BCUT2D eigenvalue weighted by atomic mass is 35.5. The number of ether oxygens (including phenoxy) is 1. The highest BCUT2D eigenvalue weighted by Gasteiger charge is 2.28. The molecule has 0 saturated carbocycles. The van der Waals surface area contributed by atoms with Gasteiger partial charge in [-0.25, -0.2) is 4.79 Å². The summed E-state index contributed by atoms with van der Waals surface area (Å²) < 4.78 is 5.06. The third-order valence-electron chi connectivity index (χ3n) is 5.42. The van der Waals surface area contributed by atoms with Crippen molar-refractivity contribution in [2.24, 2.45) is 0 Å². The smallest absolute Gasteiger partial charge is 0.327 e. The zero-order chi connectivity index (χ0) is 22.2.